The number of ketones is 1. The Kier molecular flexibility index (Phi) is 2.10. The van der Waals surface area contributed by atoms with Crippen LogP contribution >= 0.6 is 0 Å². The maximum atomic E-state index is 11.3. The first-order valence-electron chi connectivity index (χ1n) is 4.91. The van der Waals surface area contributed by atoms with Gasteiger partial charge < -0.3 is 4.74 Å². The Labute approximate surface area is 77.4 Å². The Morgan fingerprint density at radius 2 is 2.23 bits per heavy atom. The van der Waals surface area contributed by atoms with Gasteiger partial charge in [0.2, 0.25) is 0 Å². The molecule has 13 heavy (non-hydrogen) atoms. The fraction of sp³-hybridized carbons (Fsp3) is 0.800. The summed E-state index contributed by atoms with van der Waals surface area (Å²) in [6, 6.07) is 0. The van der Waals surface area contributed by atoms with Gasteiger partial charge in [0.05, 0.1) is 5.92 Å². The molecule has 2 saturated carbocycles. The first-order chi connectivity index (χ1) is 6.18. The molecule has 0 saturated heterocycles. The average molecular weight is 182 g/mol. The Morgan fingerprint density at radius 3 is 2.69 bits per heavy atom. The highest BCUT2D eigenvalue weighted by Crippen LogP contribution is 2.39. The van der Waals surface area contributed by atoms with Crippen LogP contribution < -0.4 is 0 Å². The van der Waals surface area contributed by atoms with Crippen LogP contribution in [0.15, 0.2) is 0 Å². The molecule has 72 valence electrons. The zero-order valence-corrected chi connectivity index (χ0v) is 7.79. The molecule has 2 rings (SSSR count). The van der Waals surface area contributed by atoms with E-state index in [4.69, 9.17) is 4.74 Å². The van der Waals surface area contributed by atoms with Crippen LogP contribution in [0.5, 0.6) is 0 Å². The molecule has 0 N–H and O–H groups in total. The van der Waals surface area contributed by atoms with Crippen molar-refractivity contribution in [3.8, 4) is 0 Å². The van der Waals surface area contributed by atoms with Crippen molar-refractivity contribution < 1.29 is 14.3 Å². The summed E-state index contributed by atoms with van der Waals surface area (Å²) < 4.78 is 5.13. The molecule has 0 aromatic rings. The predicted molar refractivity (Wildman–Crippen MR) is 46.0 cm³/mol. The second kappa shape index (κ2) is 3.13. The standard InChI is InChI=1S/C10H14O3/c1-6-5-7(6)10(12)13-9-4-2-3-8(9)11/h6-7,9H,2-5H2,1H3. The van der Waals surface area contributed by atoms with Gasteiger partial charge in [-0.25, -0.2) is 0 Å². The molecule has 2 aliphatic rings. The monoisotopic (exact) mass is 182 g/mol. The fourth-order valence-electron chi connectivity index (χ4n) is 1.79. The lowest BCUT2D eigenvalue weighted by molar-refractivity contribution is -0.155. The number of rotatable bonds is 2. The van der Waals surface area contributed by atoms with Gasteiger partial charge in [-0.05, 0) is 25.2 Å². The van der Waals surface area contributed by atoms with Crippen molar-refractivity contribution in [1.29, 1.82) is 0 Å². The van der Waals surface area contributed by atoms with Crippen molar-refractivity contribution in [3.63, 3.8) is 0 Å². The molecule has 0 bridgehead atoms. The molecule has 3 heteroatoms. The third-order valence-electron chi connectivity index (χ3n) is 2.92. The summed E-state index contributed by atoms with van der Waals surface area (Å²) in [4.78, 5) is 22.5. The normalized spacial score (nSPS) is 37.6. The quantitative estimate of drug-likeness (QED) is 0.605. The molecule has 0 aromatic heterocycles. The summed E-state index contributed by atoms with van der Waals surface area (Å²) >= 11 is 0. The molecular formula is C10H14O3. The Morgan fingerprint density at radius 1 is 1.54 bits per heavy atom. The van der Waals surface area contributed by atoms with Crippen LogP contribution in [-0.4, -0.2) is 17.9 Å². The van der Waals surface area contributed by atoms with Crippen LogP contribution in [0.3, 0.4) is 0 Å². The van der Waals surface area contributed by atoms with Gasteiger partial charge in [0.1, 0.15) is 0 Å². The van der Waals surface area contributed by atoms with Crippen molar-refractivity contribution in [2.45, 2.75) is 38.7 Å². The summed E-state index contributed by atoms with van der Waals surface area (Å²) in [7, 11) is 0. The topological polar surface area (TPSA) is 43.4 Å². The van der Waals surface area contributed by atoms with Crippen LogP contribution in [-0.2, 0) is 14.3 Å². The summed E-state index contributed by atoms with van der Waals surface area (Å²) in [6.45, 7) is 2.03. The number of ether oxygens (including phenoxy) is 1. The third kappa shape index (κ3) is 1.74. The maximum Gasteiger partial charge on any atom is 0.309 e. The molecule has 0 aromatic carbocycles. The summed E-state index contributed by atoms with van der Waals surface area (Å²) in [5, 5.41) is 0. The molecule has 0 aliphatic heterocycles. The smallest absolute Gasteiger partial charge is 0.309 e. The summed E-state index contributed by atoms with van der Waals surface area (Å²) in [6.07, 6.45) is 2.70. The van der Waals surface area contributed by atoms with Gasteiger partial charge in [-0.2, -0.15) is 0 Å². The Bertz CT molecular complexity index is 247. The minimum atomic E-state index is -0.416. The SMILES string of the molecule is CC1CC1C(=O)OC1CCCC1=O. The lowest BCUT2D eigenvalue weighted by Crippen LogP contribution is -2.23. The lowest BCUT2D eigenvalue weighted by Gasteiger charge is -2.09. The van der Waals surface area contributed by atoms with Crippen molar-refractivity contribution in [2.75, 3.05) is 0 Å². The van der Waals surface area contributed by atoms with Crippen molar-refractivity contribution >= 4 is 11.8 Å². The molecule has 0 spiro atoms. The third-order valence-corrected chi connectivity index (χ3v) is 2.92. The Hall–Kier alpha value is -0.860. The average Bonchev–Trinajstić information content (AvgIpc) is 2.68. The zero-order valence-electron chi connectivity index (χ0n) is 7.79. The Balaban J connectivity index is 1.83. The first kappa shape index (κ1) is 8.73. The molecule has 3 nitrogen and oxygen atoms in total. The molecule has 2 aliphatic carbocycles. The highest BCUT2D eigenvalue weighted by Gasteiger charge is 2.42. The van der Waals surface area contributed by atoms with E-state index < -0.39 is 6.10 Å². The lowest BCUT2D eigenvalue weighted by atomic mass is 10.3. The number of hydrogen-bond donors (Lipinski definition) is 0. The zero-order chi connectivity index (χ0) is 9.42. The predicted octanol–water partition coefficient (Wildman–Crippen LogP) is 1.31. The van der Waals surface area contributed by atoms with Gasteiger partial charge in [-0.15, -0.1) is 0 Å². The van der Waals surface area contributed by atoms with Gasteiger partial charge in [-0.1, -0.05) is 6.92 Å². The molecule has 3 atom stereocenters. The summed E-state index contributed by atoms with van der Waals surface area (Å²) in [5.41, 5.74) is 0. The van der Waals surface area contributed by atoms with E-state index in [1.54, 1.807) is 0 Å². The molecule has 3 unspecified atom stereocenters. The van der Waals surface area contributed by atoms with Crippen LogP contribution in [0.25, 0.3) is 0 Å². The van der Waals surface area contributed by atoms with E-state index in [-0.39, 0.29) is 17.7 Å². The van der Waals surface area contributed by atoms with E-state index in [0.717, 1.165) is 19.3 Å². The number of esters is 1. The maximum absolute atomic E-state index is 11.3. The van der Waals surface area contributed by atoms with Gasteiger partial charge in [0.25, 0.3) is 0 Å². The summed E-state index contributed by atoms with van der Waals surface area (Å²) in [5.74, 6) is 0.479. The van der Waals surface area contributed by atoms with Crippen LogP contribution in [0, 0.1) is 11.8 Å². The minimum absolute atomic E-state index is 0.0772. The van der Waals surface area contributed by atoms with Gasteiger partial charge in [0.15, 0.2) is 11.9 Å². The van der Waals surface area contributed by atoms with E-state index in [9.17, 15) is 9.59 Å². The molecular weight excluding hydrogens is 168 g/mol. The number of hydrogen-bond acceptors (Lipinski definition) is 3. The van der Waals surface area contributed by atoms with Crippen LogP contribution in [0.1, 0.15) is 32.6 Å². The highest BCUT2D eigenvalue weighted by molar-refractivity contribution is 5.88. The van der Waals surface area contributed by atoms with Gasteiger partial charge >= 0.3 is 5.97 Å². The van der Waals surface area contributed by atoms with Crippen LogP contribution in [0.4, 0.5) is 0 Å². The van der Waals surface area contributed by atoms with Crippen molar-refractivity contribution in [3.05, 3.63) is 0 Å². The highest BCUT2D eigenvalue weighted by atomic mass is 16.5. The molecule has 0 amide bonds. The molecule has 0 radical (unpaired) electrons. The largest absolute Gasteiger partial charge is 0.454 e. The van der Waals surface area contributed by atoms with E-state index >= 15 is 0 Å². The van der Waals surface area contributed by atoms with Crippen LogP contribution in [0.2, 0.25) is 0 Å². The first-order valence-corrected chi connectivity index (χ1v) is 4.91. The van der Waals surface area contributed by atoms with Gasteiger partial charge in [0, 0.05) is 6.42 Å². The number of carbonyl (C=O) groups is 2. The molecule has 2 fully saturated rings. The fourth-order valence-corrected chi connectivity index (χ4v) is 1.79. The van der Waals surface area contributed by atoms with E-state index in [0.29, 0.717) is 12.3 Å². The van der Waals surface area contributed by atoms with Crippen molar-refractivity contribution in [2.24, 2.45) is 11.8 Å². The van der Waals surface area contributed by atoms with E-state index in [1.165, 1.54) is 0 Å². The number of Topliss-reactive ketones (excluding diaryl/α,β-unsaturated/α-hetero) is 1. The molecule has 0 heterocycles. The second-order valence-electron chi connectivity index (χ2n) is 4.10. The van der Waals surface area contributed by atoms with Gasteiger partial charge in [-0.3, -0.25) is 9.59 Å². The van der Waals surface area contributed by atoms with E-state index in [2.05, 4.69) is 0 Å². The van der Waals surface area contributed by atoms with E-state index in [1.807, 2.05) is 6.92 Å². The second-order valence-corrected chi connectivity index (χ2v) is 4.10. The van der Waals surface area contributed by atoms with Crippen molar-refractivity contribution in [1.82, 2.24) is 0 Å². The minimum Gasteiger partial charge on any atom is -0.454 e. The number of carbonyl (C=O) groups excluding carboxylic acids is 2.